The number of hydrogen-bond acceptors (Lipinski definition) is 4. The van der Waals surface area contributed by atoms with Crippen LogP contribution in [0.15, 0.2) is 108 Å². The van der Waals surface area contributed by atoms with Crippen LogP contribution in [0, 0.1) is 12.8 Å². The first-order chi connectivity index (χ1) is 21.5. The minimum atomic E-state index is -4.21. The summed E-state index contributed by atoms with van der Waals surface area (Å²) in [6.07, 6.45) is 0.215. The molecule has 236 valence electrons. The molecule has 0 aliphatic carbocycles. The molecule has 1 N–H and O–H groups in total. The molecule has 0 saturated heterocycles. The largest absolute Gasteiger partial charge is 0.354 e. The molecular formula is C35H37Cl2N3O4S. The van der Waals surface area contributed by atoms with Crippen LogP contribution in [0.2, 0.25) is 10.0 Å². The lowest BCUT2D eigenvalue weighted by atomic mass is 10.0. The van der Waals surface area contributed by atoms with Crippen LogP contribution >= 0.6 is 23.2 Å². The van der Waals surface area contributed by atoms with Crippen molar-refractivity contribution in [3.8, 4) is 0 Å². The number of aryl methyl sites for hydroxylation is 1. The van der Waals surface area contributed by atoms with Gasteiger partial charge in [0.05, 0.1) is 10.6 Å². The van der Waals surface area contributed by atoms with Crippen LogP contribution in [0.5, 0.6) is 0 Å². The Morgan fingerprint density at radius 3 is 2.09 bits per heavy atom. The van der Waals surface area contributed by atoms with Crippen LogP contribution in [0.25, 0.3) is 0 Å². The lowest BCUT2D eigenvalue weighted by Gasteiger charge is -2.34. The van der Waals surface area contributed by atoms with Crippen molar-refractivity contribution in [3.63, 3.8) is 0 Å². The minimum absolute atomic E-state index is 0.00999. The predicted molar refractivity (Wildman–Crippen MR) is 181 cm³/mol. The highest BCUT2D eigenvalue weighted by molar-refractivity contribution is 7.92. The monoisotopic (exact) mass is 665 g/mol. The van der Waals surface area contributed by atoms with Crippen molar-refractivity contribution < 1.29 is 18.0 Å². The number of carbonyl (C=O) groups excluding carboxylic acids is 2. The highest BCUT2D eigenvalue weighted by Gasteiger charge is 2.35. The van der Waals surface area contributed by atoms with Crippen LogP contribution in [0.3, 0.4) is 0 Å². The fourth-order valence-corrected chi connectivity index (χ4v) is 6.84. The summed E-state index contributed by atoms with van der Waals surface area (Å²) in [5.41, 5.74) is 2.35. The van der Waals surface area contributed by atoms with Crippen LogP contribution in [0.1, 0.15) is 30.5 Å². The maximum absolute atomic E-state index is 14.5. The Hall–Kier alpha value is -3.85. The Bertz CT molecular complexity index is 1720. The van der Waals surface area contributed by atoms with E-state index < -0.39 is 28.5 Å². The van der Waals surface area contributed by atoms with Gasteiger partial charge in [-0.05, 0) is 65.9 Å². The maximum atomic E-state index is 14.5. The molecule has 0 fully saturated rings. The van der Waals surface area contributed by atoms with E-state index in [1.807, 2.05) is 44.2 Å². The Morgan fingerprint density at radius 2 is 1.47 bits per heavy atom. The van der Waals surface area contributed by atoms with Crippen molar-refractivity contribution in [1.82, 2.24) is 10.2 Å². The molecule has 4 aromatic carbocycles. The Kier molecular flexibility index (Phi) is 11.7. The van der Waals surface area contributed by atoms with Gasteiger partial charge in [0.1, 0.15) is 12.6 Å². The molecule has 0 spiro atoms. The summed E-state index contributed by atoms with van der Waals surface area (Å²) in [6.45, 7) is 5.55. The van der Waals surface area contributed by atoms with E-state index in [-0.39, 0.29) is 29.7 Å². The topological polar surface area (TPSA) is 86.8 Å². The van der Waals surface area contributed by atoms with Crippen molar-refractivity contribution in [1.29, 1.82) is 0 Å². The van der Waals surface area contributed by atoms with Gasteiger partial charge in [-0.15, -0.1) is 0 Å². The van der Waals surface area contributed by atoms with Gasteiger partial charge >= 0.3 is 0 Å². The number of carbonyl (C=O) groups is 2. The fraction of sp³-hybridized carbons (Fsp3) is 0.257. The number of nitrogens with one attached hydrogen (secondary N) is 1. The molecule has 4 aromatic rings. The molecule has 0 radical (unpaired) electrons. The second-order valence-electron chi connectivity index (χ2n) is 11.2. The third-order valence-corrected chi connectivity index (χ3v) is 9.67. The average molecular weight is 667 g/mol. The molecule has 0 saturated carbocycles. The van der Waals surface area contributed by atoms with Crippen LogP contribution in [-0.4, -0.2) is 44.3 Å². The van der Waals surface area contributed by atoms with E-state index in [0.717, 1.165) is 9.87 Å². The average Bonchev–Trinajstić information content (AvgIpc) is 3.02. The molecule has 2 amide bonds. The Labute approximate surface area is 275 Å². The quantitative estimate of drug-likeness (QED) is 0.168. The summed E-state index contributed by atoms with van der Waals surface area (Å²) in [7, 11) is -4.21. The van der Waals surface area contributed by atoms with Crippen molar-refractivity contribution >= 4 is 50.7 Å². The molecule has 45 heavy (non-hydrogen) atoms. The number of nitrogens with zero attached hydrogens (tertiary/aromatic N) is 2. The summed E-state index contributed by atoms with van der Waals surface area (Å²) in [6, 6.07) is 28.3. The molecule has 7 nitrogen and oxygen atoms in total. The van der Waals surface area contributed by atoms with Crippen molar-refractivity contribution in [2.45, 2.75) is 44.7 Å². The van der Waals surface area contributed by atoms with Gasteiger partial charge in [-0.2, -0.15) is 0 Å². The van der Waals surface area contributed by atoms with Gasteiger partial charge in [-0.1, -0.05) is 104 Å². The van der Waals surface area contributed by atoms with E-state index in [1.54, 1.807) is 67.6 Å². The Morgan fingerprint density at radius 1 is 0.844 bits per heavy atom. The van der Waals surface area contributed by atoms with Crippen molar-refractivity contribution in [3.05, 3.63) is 130 Å². The van der Waals surface area contributed by atoms with E-state index in [9.17, 15) is 18.0 Å². The predicted octanol–water partition coefficient (Wildman–Crippen LogP) is 6.91. The number of sulfonamides is 1. The van der Waals surface area contributed by atoms with E-state index in [1.165, 1.54) is 17.0 Å². The molecule has 0 bridgehead atoms. The molecule has 0 aliphatic rings. The lowest BCUT2D eigenvalue weighted by Crippen LogP contribution is -2.53. The van der Waals surface area contributed by atoms with E-state index >= 15 is 0 Å². The highest BCUT2D eigenvalue weighted by atomic mass is 35.5. The zero-order valence-electron chi connectivity index (χ0n) is 25.5. The first kappa shape index (κ1) is 34.0. The SMILES string of the molecule is Cc1cc(Cl)ccc1N(CC(=O)N(Cc1ccccc1Cl)[C@@H](Cc1ccccc1)C(=O)NCC(C)C)S(=O)(=O)c1ccccc1. The molecule has 10 heteroatoms. The number of benzene rings is 4. The molecule has 0 aromatic heterocycles. The number of anilines is 1. The molecular weight excluding hydrogens is 629 g/mol. The van der Waals surface area contributed by atoms with Crippen molar-refractivity contribution in [2.75, 3.05) is 17.4 Å². The Balaban J connectivity index is 1.82. The summed E-state index contributed by atoms with van der Waals surface area (Å²) >= 11 is 12.8. The first-order valence-corrected chi connectivity index (χ1v) is 16.9. The van der Waals surface area contributed by atoms with Gasteiger partial charge in [0.25, 0.3) is 10.0 Å². The van der Waals surface area contributed by atoms with Gasteiger partial charge in [-0.25, -0.2) is 8.42 Å². The molecule has 1 atom stereocenters. The van der Waals surface area contributed by atoms with E-state index in [2.05, 4.69) is 5.32 Å². The normalized spacial score (nSPS) is 12.0. The minimum Gasteiger partial charge on any atom is -0.354 e. The van der Waals surface area contributed by atoms with Gasteiger partial charge in [-0.3, -0.25) is 13.9 Å². The lowest BCUT2D eigenvalue weighted by molar-refractivity contribution is -0.140. The molecule has 4 rings (SSSR count). The summed E-state index contributed by atoms with van der Waals surface area (Å²) in [5.74, 6) is -0.726. The number of halogens is 2. The molecule has 0 aliphatic heterocycles. The zero-order chi connectivity index (χ0) is 32.6. The summed E-state index contributed by atoms with van der Waals surface area (Å²) < 4.78 is 29.4. The second-order valence-corrected chi connectivity index (χ2v) is 13.9. The third-order valence-electron chi connectivity index (χ3n) is 7.29. The zero-order valence-corrected chi connectivity index (χ0v) is 27.8. The maximum Gasteiger partial charge on any atom is 0.264 e. The van der Waals surface area contributed by atoms with Crippen LogP contribution in [-0.2, 0) is 32.6 Å². The van der Waals surface area contributed by atoms with Gasteiger partial charge in [0, 0.05) is 29.6 Å². The van der Waals surface area contributed by atoms with E-state index in [4.69, 9.17) is 23.2 Å². The van der Waals surface area contributed by atoms with E-state index in [0.29, 0.717) is 33.4 Å². The van der Waals surface area contributed by atoms with Gasteiger partial charge in [0.2, 0.25) is 11.8 Å². The molecule has 0 unspecified atom stereocenters. The van der Waals surface area contributed by atoms with Crippen molar-refractivity contribution in [2.24, 2.45) is 5.92 Å². The fourth-order valence-electron chi connectivity index (χ4n) is 4.92. The summed E-state index contributed by atoms with van der Waals surface area (Å²) in [5, 5.41) is 3.85. The highest BCUT2D eigenvalue weighted by Crippen LogP contribution is 2.30. The number of rotatable bonds is 13. The standard InChI is InChI=1S/C35H37Cl2N3O4S/c1-25(2)22-38-35(42)33(21-27-12-6-4-7-13-27)39(23-28-14-10-11-17-31(28)37)34(41)24-40(32-19-18-29(36)20-26(32)3)45(43,44)30-15-8-5-9-16-30/h4-20,25,33H,21-24H2,1-3H3,(H,38,42)/t33-/m0/s1. The summed E-state index contributed by atoms with van der Waals surface area (Å²) in [4.78, 5) is 29.9. The number of hydrogen-bond donors (Lipinski definition) is 1. The third kappa shape index (κ3) is 8.87. The first-order valence-electron chi connectivity index (χ1n) is 14.7. The van der Waals surface area contributed by atoms with Gasteiger partial charge in [0.15, 0.2) is 0 Å². The second kappa shape index (κ2) is 15.4. The van der Waals surface area contributed by atoms with Gasteiger partial charge < -0.3 is 10.2 Å². The smallest absolute Gasteiger partial charge is 0.264 e. The van der Waals surface area contributed by atoms with Crippen LogP contribution < -0.4 is 9.62 Å². The molecule has 0 heterocycles. The van der Waals surface area contributed by atoms with Crippen LogP contribution in [0.4, 0.5) is 5.69 Å². The number of amides is 2.